The van der Waals surface area contributed by atoms with Gasteiger partial charge in [0.25, 0.3) is 0 Å². The third kappa shape index (κ3) is 8.00. The van der Waals surface area contributed by atoms with Gasteiger partial charge in [0.1, 0.15) is 12.5 Å². The molecule has 2 unspecified atom stereocenters. The van der Waals surface area contributed by atoms with Gasteiger partial charge in [-0.1, -0.05) is 61.3 Å². The van der Waals surface area contributed by atoms with Crippen molar-refractivity contribution in [1.82, 2.24) is 29.4 Å². The number of aliphatic hydroxyl groups is 2. The Bertz CT molecular complexity index is 3020. The maximum Gasteiger partial charge on any atom is 0.129 e. The number of pyridine rings is 2. The van der Waals surface area contributed by atoms with Gasteiger partial charge in [-0.15, -0.1) is 0 Å². The van der Waals surface area contributed by atoms with E-state index in [-0.39, 0.29) is 12.1 Å². The summed E-state index contributed by atoms with van der Waals surface area (Å²) in [6, 6.07) is 16.9. The lowest BCUT2D eigenvalue weighted by Gasteiger charge is -2.22. The molecule has 12 heteroatoms. The summed E-state index contributed by atoms with van der Waals surface area (Å²) in [6.45, 7) is 21.6. The molecule has 0 saturated carbocycles. The predicted octanol–water partition coefficient (Wildman–Crippen LogP) is 12.1. The Labute approximate surface area is 385 Å². The van der Waals surface area contributed by atoms with Crippen molar-refractivity contribution in [2.75, 3.05) is 13.1 Å². The number of aliphatic imine (C=N–C) groups is 2. The van der Waals surface area contributed by atoms with Crippen LogP contribution in [0.3, 0.4) is 0 Å². The van der Waals surface area contributed by atoms with E-state index in [0.29, 0.717) is 0 Å². The Morgan fingerprint density at radius 2 is 0.985 bits per heavy atom. The van der Waals surface area contributed by atoms with E-state index >= 15 is 0 Å². The second-order valence-electron chi connectivity index (χ2n) is 19.1. The van der Waals surface area contributed by atoms with Crippen LogP contribution in [-0.4, -0.2) is 64.1 Å². The minimum atomic E-state index is -0.940. The highest BCUT2D eigenvalue weighted by atomic mass is 16.5. The zero-order valence-corrected chi connectivity index (χ0v) is 39.8. The minimum Gasteiger partial charge on any atom is -0.386 e. The van der Waals surface area contributed by atoms with Gasteiger partial charge in [0.2, 0.25) is 0 Å². The van der Waals surface area contributed by atoms with Crippen LogP contribution >= 0.6 is 0 Å². The van der Waals surface area contributed by atoms with Crippen molar-refractivity contribution in [3.05, 3.63) is 130 Å². The number of nitrogens with zero attached hydrogens (tertiary/aromatic N) is 8. The van der Waals surface area contributed by atoms with Crippen LogP contribution in [0.4, 0.5) is 0 Å². The van der Waals surface area contributed by atoms with Gasteiger partial charge >= 0.3 is 0 Å². The number of aromatic nitrogens is 6. The van der Waals surface area contributed by atoms with Crippen molar-refractivity contribution in [1.29, 1.82) is 0 Å². The molecule has 0 radical (unpaired) electrons. The Morgan fingerprint density at radius 1 is 0.576 bits per heavy atom. The van der Waals surface area contributed by atoms with Crippen LogP contribution in [-0.2, 0) is 11.2 Å². The lowest BCUT2D eigenvalue weighted by atomic mass is 9.97. The summed E-state index contributed by atoms with van der Waals surface area (Å²) in [5.74, 6) is 0. The number of rotatable bonds is 12. The molecule has 12 nitrogen and oxygen atoms in total. The molecular formula is C54H60N8O4. The molecule has 2 atom stereocenters. The fourth-order valence-corrected chi connectivity index (χ4v) is 10.0. The molecule has 10 rings (SSSR count). The molecule has 0 aliphatic carbocycles. The van der Waals surface area contributed by atoms with Gasteiger partial charge in [0, 0.05) is 68.0 Å². The van der Waals surface area contributed by atoms with Gasteiger partial charge in [-0.3, -0.25) is 20.0 Å². The van der Waals surface area contributed by atoms with Gasteiger partial charge in [0.05, 0.1) is 81.9 Å². The minimum absolute atomic E-state index is 0.0452. The molecular weight excluding hydrogens is 825 g/mol. The van der Waals surface area contributed by atoms with Crippen molar-refractivity contribution < 1.29 is 19.3 Å². The fraction of sp³-hybridized carbons (Fsp3) is 0.370. The monoisotopic (exact) mass is 884 g/mol. The largest absolute Gasteiger partial charge is 0.386 e. The smallest absolute Gasteiger partial charge is 0.129 e. The molecule has 0 bridgehead atoms. The average molecular weight is 885 g/mol. The Hall–Kier alpha value is -6.50. The molecule has 8 heterocycles. The molecule has 0 fully saturated rings. The molecule has 0 saturated heterocycles. The van der Waals surface area contributed by atoms with E-state index < -0.39 is 11.2 Å². The summed E-state index contributed by atoms with van der Waals surface area (Å²) in [6.07, 6.45) is 14.9. The summed E-state index contributed by atoms with van der Waals surface area (Å²) in [7, 11) is 0. The highest BCUT2D eigenvalue weighted by Crippen LogP contribution is 2.41. The number of hydrogen-bond acceptors (Lipinski definition) is 10. The molecule has 2 aliphatic heterocycles. The summed E-state index contributed by atoms with van der Waals surface area (Å²) in [5.41, 5.74) is 17.3. The molecule has 340 valence electrons. The van der Waals surface area contributed by atoms with E-state index in [1.807, 2.05) is 52.2 Å². The van der Waals surface area contributed by atoms with Crippen molar-refractivity contribution in [2.24, 2.45) is 9.98 Å². The average Bonchev–Trinajstić information content (AvgIpc) is 4.16. The van der Waals surface area contributed by atoms with Gasteiger partial charge in [-0.25, -0.2) is 0 Å². The van der Waals surface area contributed by atoms with Crippen LogP contribution < -0.4 is 0 Å². The Balaban J connectivity index is 0.000000166. The first-order chi connectivity index (χ1) is 31.6. The lowest BCUT2D eigenvalue weighted by Crippen LogP contribution is -2.16. The number of fused-ring (bicyclic) bond motifs is 6. The zero-order valence-electron chi connectivity index (χ0n) is 39.8. The Morgan fingerprint density at radius 3 is 1.30 bits per heavy atom. The van der Waals surface area contributed by atoms with Crippen LogP contribution in [0, 0.1) is 0 Å². The first kappa shape index (κ1) is 44.7. The third-order valence-corrected chi connectivity index (χ3v) is 13.4. The zero-order chi connectivity index (χ0) is 46.7. The highest BCUT2D eigenvalue weighted by Gasteiger charge is 2.28. The van der Waals surface area contributed by atoms with Crippen LogP contribution in [0.15, 0.2) is 116 Å². The van der Waals surface area contributed by atoms with Crippen molar-refractivity contribution in [3.8, 4) is 0 Å². The van der Waals surface area contributed by atoms with Gasteiger partial charge < -0.3 is 28.4 Å². The predicted molar refractivity (Wildman–Crippen MR) is 265 cm³/mol. The fourth-order valence-electron chi connectivity index (χ4n) is 10.0. The third-order valence-electron chi connectivity index (χ3n) is 13.4. The Kier molecular flexibility index (Phi) is 11.8. The molecule has 6 aromatic heterocycles. The first-order valence-corrected chi connectivity index (χ1v) is 23.1. The maximum atomic E-state index is 10.7. The van der Waals surface area contributed by atoms with Crippen LogP contribution in [0.2, 0.25) is 0 Å². The summed E-state index contributed by atoms with van der Waals surface area (Å²) < 4.78 is 15.2. The second kappa shape index (κ2) is 17.4. The van der Waals surface area contributed by atoms with E-state index in [2.05, 4.69) is 107 Å². The molecule has 2 N–H and O–H groups in total. The summed E-state index contributed by atoms with van der Waals surface area (Å²) in [5, 5.41) is 31.6. The van der Waals surface area contributed by atoms with Gasteiger partial charge in [-0.05, 0) is 115 Å². The molecule has 2 aromatic carbocycles. The lowest BCUT2D eigenvalue weighted by molar-refractivity contribution is 0.0781. The molecule has 2 aliphatic rings. The number of benzene rings is 2. The van der Waals surface area contributed by atoms with E-state index in [1.165, 1.54) is 22.3 Å². The van der Waals surface area contributed by atoms with E-state index in [4.69, 9.17) is 19.0 Å². The molecule has 0 spiro atoms. The van der Waals surface area contributed by atoms with Crippen LogP contribution in [0.25, 0.3) is 55.0 Å². The topological polar surface area (TPSA) is 153 Å². The quantitative estimate of drug-likeness (QED) is 0.123. The summed E-state index contributed by atoms with van der Waals surface area (Å²) >= 11 is 0. The van der Waals surface area contributed by atoms with Crippen molar-refractivity contribution in [3.63, 3.8) is 0 Å². The maximum absolute atomic E-state index is 10.7. The van der Waals surface area contributed by atoms with Gasteiger partial charge in [0.15, 0.2) is 0 Å². The molecule has 66 heavy (non-hydrogen) atoms. The van der Waals surface area contributed by atoms with Crippen LogP contribution in [0.1, 0.15) is 140 Å². The van der Waals surface area contributed by atoms with E-state index in [1.54, 1.807) is 24.9 Å². The normalized spacial score (nSPS) is 15.6. The highest BCUT2D eigenvalue weighted by molar-refractivity contribution is 6.26. The molecule has 8 aromatic rings. The van der Waals surface area contributed by atoms with E-state index in [0.717, 1.165) is 127 Å². The second-order valence-corrected chi connectivity index (χ2v) is 19.1. The first-order valence-electron chi connectivity index (χ1n) is 23.1. The van der Waals surface area contributed by atoms with Crippen molar-refractivity contribution in [2.45, 2.75) is 118 Å². The van der Waals surface area contributed by atoms with Crippen molar-refractivity contribution >= 4 is 66.4 Å². The van der Waals surface area contributed by atoms with Crippen LogP contribution in [0.5, 0.6) is 0 Å². The number of allylic oxidation sites excluding steroid dienone is 2. The van der Waals surface area contributed by atoms with Gasteiger partial charge in [-0.2, -0.15) is 0 Å². The standard InChI is InChI=1S/2C27H30N4O2/c2*1-6-7-22(19-14-30-33-15-19)31-23-11-20(27(4,5)32)8-9-21(23)26-24(31)10-18(13-29-26)25-16(2)12-28-17(25)3/h2*8-11,13-15,22,32H,6-7,12H2,1-5H3. The summed E-state index contributed by atoms with van der Waals surface area (Å²) in [4.78, 5) is 19.1. The SMILES string of the molecule is CCCC(c1cnoc1)n1c2cc(C(C)(C)O)ccc2c2ncc(C3=C(C)CN=C3C)cc21.CCCC(c1cnoc1)n1c2cc(C(C)(C)O)ccc2c2ncc(C3=C(C)CN=C3C)cc21. The number of hydrogen-bond donors (Lipinski definition) is 2. The molecule has 0 amide bonds. The van der Waals surface area contributed by atoms with E-state index in [9.17, 15) is 10.2 Å².